The first-order valence-electron chi connectivity index (χ1n) is 10.8. The lowest BCUT2D eigenvalue weighted by Gasteiger charge is -2.27. The Kier molecular flexibility index (Phi) is 9.32. The van der Waals surface area contributed by atoms with E-state index in [-0.39, 0.29) is 37.7 Å². The fraction of sp³-hybridized carbons (Fsp3) is 0.417. The molecule has 0 aliphatic carbocycles. The maximum absolute atomic E-state index is 10.2. The molecule has 0 aliphatic rings. The van der Waals surface area contributed by atoms with E-state index in [1.165, 1.54) is 10.9 Å². The van der Waals surface area contributed by atoms with Crippen LogP contribution in [0.1, 0.15) is 30.7 Å². The minimum absolute atomic E-state index is 0.0836. The lowest BCUT2D eigenvalue weighted by Crippen LogP contribution is -2.25. The minimum atomic E-state index is -0.799. The van der Waals surface area contributed by atoms with Crippen LogP contribution in [-0.4, -0.2) is 61.6 Å². The van der Waals surface area contributed by atoms with Gasteiger partial charge in [0.25, 0.3) is 0 Å². The number of benzene rings is 2. The van der Waals surface area contributed by atoms with Gasteiger partial charge < -0.3 is 24.8 Å². The molecule has 0 aliphatic heterocycles. The SMILES string of the molecule is CC(C)(c1ccc(OC[C@H](O)Cn2nncc2CO)cc1)c1ccc(OC[C@H](O)CCl)c(Br)c1. The molecule has 3 N–H and O–H groups in total. The maximum atomic E-state index is 10.2. The van der Waals surface area contributed by atoms with Crippen LogP contribution in [0, 0.1) is 0 Å². The fourth-order valence-electron chi connectivity index (χ4n) is 3.37. The predicted molar refractivity (Wildman–Crippen MR) is 132 cm³/mol. The topological polar surface area (TPSA) is 110 Å². The van der Waals surface area contributed by atoms with Gasteiger partial charge in [0.15, 0.2) is 0 Å². The van der Waals surface area contributed by atoms with Gasteiger partial charge in [0, 0.05) is 5.41 Å². The van der Waals surface area contributed by atoms with Crippen LogP contribution in [0.3, 0.4) is 0 Å². The Hall–Kier alpha value is -2.17. The van der Waals surface area contributed by atoms with Gasteiger partial charge in [-0.15, -0.1) is 16.7 Å². The molecule has 184 valence electrons. The largest absolute Gasteiger partial charge is 0.491 e. The Morgan fingerprint density at radius 3 is 2.35 bits per heavy atom. The summed E-state index contributed by atoms with van der Waals surface area (Å²) < 4.78 is 13.6. The monoisotopic (exact) mass is 553 g/mol. The molecule has 0 spiro atoms. The molecule has 0 amide bonds. The third-order valence-electron chi connectivity index (χ3n) is 5.52. The molecular weight excluding hydrogens is 526 g/mol. The van der Waals surface area contributed by atoms with Gasteiger partial charge >= 0.3 is 0 Å². The van der Waals surface area contributed by atoms with E-state index in [2.05, 4.69) is 40.1 Å². The number of ether oxygens (including phenoxy) is 2. The Labute approximate surface area is 212 Å². The summed E-state index contributed by atoms with van der Waals surface area (Å²) >= 11 is 9.17. The van der Waals surface area contributed by atoms with Gasteiger partial charge in [0.05, 0.1) is 35.4 Å². The van der Waals surface area contributed by atoms with Crippen molar-refractivity contribution in [1.29, 1.82) is 0 Å². The van der Waals surface area contributed by atoms with E-state index < -0.39 is 12.2 Å². The number of hydrogen-bond acceptors (Lipinski definition) is 7. The molecule has 34 heavy (non-hydrogen) atoms. The van der Waals surface area contributed by atoms with E-state index in [9.17, 15) is 15.3 Å². The number of rotatable bonds is 12. The second-order valence-electron chi connectivity index (χ2n) is 8.44. The van der Waals surface area contributed by atoms with Gasteiger partial charge in [-0.05, 0) is 51.3 Å². The smallest absolute Gasteiger partial charge is 0.133 e. The van der Waals surface area contributed by atoms with E-state index in [1.54, 1.807) is 0 Å². The summed E-state index contributed by atoms with van der Waals surface area (Å²) in [4.78, 5) is 0. The van der Waals surface area contributed by atoms with E-state index in [0.29, 0.717) is 17.2 Å². The first-order chi connectivity index (χ1) is 16.2. The highest BCUT2D eigenvalue weighted by atomic mass is 79.9. The van der Waals surface area contributed by atoms with Crippen molar-refractivity contribution in [3.8, 4) is 11.5 Å². The first kappa shape index (κ1) is 26.4. The molecule has 10 heteroatoms. The molecule has 3 aromatic rings. The zero-order valence-electron chi connectivity index (χ0n) is 19.1. The Morgan fingerprint density at radius 1 is 1.03 bits per heavy atom. The molecule has 1 aromatic heterocycles. The molecule has 0 unspecified atom stereocenters. The summed E-state index contributed by atoms with van der Waals surface area (Å²) in [6.07, 6.45) is -0.0574. The summed E-state index contributed by atoms with van der Waals surface area (Å²) in [5.41, 5.74) is 2.42. The van der Waals surface area contributed by atoms with Crippen molar-refractivity contribution in [1.82, 2.24) is 15.0 Å². The molecule has 0 fully saturated rings. The number of aliphatic hydroxyl groups is 3. The highest BCUT2D eigenvalue weighted by Crippen LogP contribution is 2.36. The molecule has 3 rings (SSSR count). The average Bonchev–Trinajstić information content (AvgIpc) is 3.28. The number of alkyl halides is 1. The van der Waals surface area contributed by atoms with Gasteiger partial charge in [-0.25, -0.2) is 4.68 Å². The summed E-state index contributed by atoms with van der Waals surface area (Å²) in [7, 11) is 0. The predicted octanol–water partition coefficient (Wildman–Crippen LogP) is 3.28. The van der Waals surface area contributed by atoms with Gasteiger partial charge in [-0.2, -0.15) is 0 Å². The van der Waals surface area contributed by atoms with Crippen LogP contribution in [0.2, 0.25) is 0 Å². The highest BCUT2D eigenvalue weighted by molar-refractivity contribution is 9.10. The van der Waals surface area contributed by atoms with Crippen LogP contribution in [-0.2, 0) is 18.6 Å². The van der Waals surface area contributed by atoms with Crippen molar-refractivity contribution in [3.05, 3.63) is 70.0 Å². The van der Waals surface area contributed by atoms with Crippen LogP contribution in [0.15, 0.2) is 53.1 Å². The number of aliphatic hydroxyl groups excluding tert-OH is 3. The Bertz CT molecular complexity index is 1060. The van der Waals surface area contributed by atoms with E-state index in [1.807, 2.05) is 42.5 Å². The molecule has 0 bridgehead atoms. The Morgan fingerprint density at radius 2 is 1.71 bits per heavy atom. The highest BCUT2D eigenvalue weighted by Gasteiger charge is 2.24. The second-order valence-corrected chi connectivity index (χ2v) is 9.61. The second kappa shape index (κ2) is 12.0. The van der Waals surface area contributed by atoms with Crippen LogP contribution in [0.25, 0.3) is 0 Å². The van der Waals surface area contributed by atoms with Crippen molar-refractivity contribution in [2.45, 2.75) is 44.6 Å². The molecule has 0 saturated carbocycles. The van der Waals surface area contributed by atoms with E-state index in [0.717, 1.165) is 15.6 Å². The fourth-order valence-corrected chi connectivity index (χ4v) is 3.95. The molecular formula is C24H29BrClN3O5. The third kappa shape index (κ3) is 6.70. The van der Waals surface area contributed by atoms with Gasteiger partial charge in [-0.1, -0.05) is 37.3 Å². The van der Waals surface area contributed by atoms with Crippen LogP contribution in [0.5, 0.6) is 11.5 Å². The molecule has 1 heterocycles. The molecule has 2 atom stereocenters. The summed E-state index contributed by atoms with van der Waals surface area (Å²) in [6, 6.07) is 13.6. The summed E-state index contributed by atoms with van der Waals surface area (Å²) in [6.45, 7) is 4.45. The maximum Gasteiger partial charge on any atom is 0.133 e. The van der Waals surface area contributed by atoms with E-state index in [4.69, 9.17) is 21.1 Å². The van der Waals surface area contributed by atoms with Crippen LogP contribution in [0.4, 0.5) is 0 Å². The van der Waals surface area contributed by atoms with Crippen LogP contribution < -0.4 is 9.47 Å². The van der Waals surface area contributed by atoms with Crippen molar-refractivity contribution in [2.24, 2.45) is 0 Å². The molecule has 8 nitrogen and oxygen atoms in total. The minimum Gasteiger partial charge on any atom is -0.491 e. The molecule has 0 saturated heterocycles. The number of nitrogens with zero attached hydrogens (tertiary/aromatic N) is 3. The lowest BCUT2D eigenvalue weighted by atomic mass is 9.78. The van der Waals surface area contributed by atoms with E-state index >= 15 is 0 Å². The number of halogens is 2. The third-order valence-corrected chi connectivity index (χ3v) is 6.50. The zero-order chi connectivity index (χ0) is 24.7. The molecule has 2 aromatic carbocycles. The lowest BCUT2D eigenvalue weighted by molar-refractivity contribution is 0.0866. The van der Waals surface area contributed by atoms with Crippen LogP contribution >= 0.6 is 27.5 Å². The first-order valence-corrected chi connectivity index (χ1v) is 12.1. The van der Waals surface area contributed by atoms with Gasteiger partial charge in [-0.3, -0.25) is 0 Å². The van der Waals surface area contributed by atoms with Crippen molar-refractivity contribution >= 4 is 27.5 Å². The normalized spacial score (nSPS) is 13.5. The van der Waals surface area contributed by atoms with Crippen molar-refractivity contribution in [2.75, 3.05) is 19.1 Å². The van der Waals surface area contributed by atoms with Crippen molar-refractivity contribution in [3.63, 3.8) is 0 Å². The number of aromatic nitrogens is 3. The Balaban J connectivity index is 1.61. The summed E-state index contributed by atoms with van der Waals surface area (Å²) in [5.74, 6) is 1.40. The zero-order valence-corrected chi connectivity index (χ0v) is 21.4. The van der Waals surface area contributed by atoms with Gasteiger partial charge in [0.2, 0.25) is 0 Å². The average molecular weight is 555 g/mol. The quantitative estimate of drug-likeness (QED) is 0.295. The molecule has 0 radical (unpaired) electrons. The number of hydrogen-bond donors (Lipinski definition) is 3. The standard InChI is InChI=1S/C24H29BrClN3O5/c1-24(2,17-5-8-23(22(25)9-17)34-14-19(31)10-26)16-3-6-21(7-4-16)33-15-20(32)12-29-18(13-30)11-27-28-29/h3-9,11,19-20,30-32H,10,12-15H2,1-2H3/t19-,20-/m1/s1. The van der Waals surface area contributed by atoms with Crippen molar-refractivity contribution < 1.29 is 24.8 Å². The van der Waals surface area contributed by atoms with Gasteiger partial charge in [0.1, 0.15) is 36.9 Å². The summed E-state index contributed by atoms with van der Waals surface area (Å²) in [5, 5.41) is 36.7.